The molecule has 0 radical (unpaired) electrons. The average molecular weight is 654 g/mol. The molecule has 1 aliphatic rings. The monoisotopic (exact) mass is 653 g/mol. The van der Waals surface area contributed by atoms with Crippen LogP contribution in [0.25, 0.3) is 66.1 Å². The first kappa shape index (κ1) is 29.5. The quantitative estimate of drug-likeness (QED) is 0.184. The Kier molecular flexibility index (Phi) is 6.56. The van der Waals surface area contributed by atoms with Gasteiger partial charge in [-0.15, -0.1) is 0 Å². The van der Waals surface area contributed by atoms with Crippen molar-refractivity contribution in [2.45, 2.75) is 19.3 Å². The van der Waals surface area contributed by atoms with Crippen LogP contribution in [0, 0.1) is 0 Å². The maximum atomic E-state index is 6.78. The SMILES string of the molecule is CC1(C)c2ccccc2-c2ccc(N(c3ccc(-c4ccccc4)cc3)c3ccc4c(c3)oc3cc(-c5ccccc5)c5ccccc5c34)cc21. The summed E-state index contributed by atoms with van der Waals surface area (Å²) in [6, 6.07) is 63.5. The Morgan fingerprint density at radius 2 is 0.980 bits per heavy atom. The molecule has 10 rings (SSSR count). The zero-order valence-electron chi connectivity index (χ0n) is 28.6. The molecule has 8 aromatic carbocycles. The number of anilines is 3. The second kappa shape index (κ2) is 11.3. The van der Waals surface area contributed by atoms with Gasteiger partial charge in [0, 0.05) is 39.3 Å². The van der Waals surface area contributed by atoms with Crippen molar-refractivity contribution in [2.75, 3.05) is 4.90 Å². The van der Waals surface area contributed by atoms with Gasteiger partial charge in [-0.05, 0) is 97.7 Å². The average Bonchev–Trinajstić information content (AvgIpc) is 3.67. The number of benzene rings is 8. The first-order valence-electron chi connectivity index (χ1n) is 17.7. The standard InChI is InChI=1S/C49H35NO/c1-49(2)44-20-12-11-18-39(44)40-27-25-36(29-45(40)49)50(35-23-21-33(22-24-35)32-13-5-3-6-14-32)37-26-28-42-46(30-37)51-47-31-43(34-15-7-4-8-16-34)38-17-9-10-19-41(38)48(42)47/h3-31H,1-2H3. The summed E-state index contributed by atoms with van der Waals surface area (Å²) in [5, 5.41) is 4.70. The van der Waals surface area contributed by atoms with Crippen LogP contribution in [0.5, 0.6) is 0 Å². The predicted molar refractivity (Wildman–Crippen MR) is 214 cm³/mol. The summed E-state index contributed by atoms with van der Waals surface area (Å²) in [5.74, 6) is 0. The molecule has 9 aromatic rings. The highest BCUT2D eigenvalue weighted by atomic mass is 16.3. The first-order chi connectivity index (χ1) is 25.0. The maximum absolute atomic E-state index is 6.78. The van der Waals surface area contributed by atoms with Gasteiger partial charge in [0.15, 0.2) is 0 Å². The van der Waals surface area contributed by atoms with Crippen molar-refractivity contribution >= 4 is 49.8 Å². The van der Waals surface area contributed by atoms with Gasteiger partial charge in [0.1, 0.15) is 11.2 Å². The second-order valence-corrected chi connectivity index (χ2v) is 14.1. The lowest BCUT2D eigenvalue weighted by Crippen LogP contribution is -2.16. The van der Waals surface area contributed by atoms with E-state index >= 15 is 0 Å². The van der Waals surface area contributed by atoms with E-state index in [0.29, 0.717) is 0 Å². The number of hydrogen-bond donors (Lipinski definition) is 0. The summed E-state index contributed by atoms with van der Waals surface area (Å²) < 4.78 is 6.78. The lowest BCUT2D eigenvalue weighted by molar-refractivity contribution is 0.660. The number of rotatable bonds is 5. The third kappa shape index (κ3) is 4.64. The highest BCUT2D eigenvalue weighted by molar-refractivity contribution is 6.22. The van der Waals surface area contributed by atoms with Crippen LogP contribution in [-0.4, -0.2) is 0 Å². The summed E-state index contributed by atoms with van der Waals surface area (Å²) in [7, 11) is 0. The molecule has 0 fully saturated rings. The van der Waals surface area contributed by atoms with Crippen molar-refractivity contribution < 1.29 is 4.42 Å². The van der Waals surface area contributed by atoms with Crippen LogP contribution >= 0.6 is 0 Å². The van der Waals surface area contributed by atoms with Gasteiger partial charge < -0.3 is 9.32 Å². The summed E-state index contributed by atoms with van der Waals surface area (Å²) in [4.78, 5) is 2.37. The van der Waals surface area contributed by atoms with Crippen LogP contribution in [0.4, 0.5) is 17.1 Å². The molecule has 1 heterocycles. The fourth-order valence-corrected chi connectivity index (χ4v) is 8.34. The molecule has 0 atom stereocenters. The normalized spacial score (nSPS) is 13.1. The van der Waals surface area contributed by atoms with Crippen molar-refractivity contribution in [3.63, 3.8) is 0 Å². The van der Waals surface area contributed by atoms with E-state index in [-0.39, 0.29) is 5.41 Å². The minimum atomic E-state index is -0.106. The molecule has 51 heavy (non-hydrogen) atoms. The van der Waals surface area contributed by atoms with Gasteiger partial charge in [0.2, 0.25) is 0 Å². The highest BCUT2D eigenvalue weighted by Crippen LogP contribution is 2.51. The lowest BCUT2D eigenvalue weighted by atomic mass is 9.82. The molecule has 0 spiro atoms. The number of nitrogens with zero attached hydrogens (tertiary/aromatic N) is 1. The van der Waals surface area contributed by atoms with E-state index in [2.05, 4.69) is 195 Å². The van der Waals surface area contributed by atoms with E-state index in [1.54, 1.807) is 0 Å². The summed E-state index contributed by atoms with van der Waals surface area (Å²) in [6.07, 6.45) is 0. The highest BCUT2D eigenvalue weighted by Gasteiger charge is 2.35. The molecule has 0 N–H and O–H groups in total. The van der Waals surface area contributed by atoms with Gasteiger partial charge in [-0.3, -0.25) is 0 Å². The Bertz CT molecular complexity index is 2760. The van der Waals surface area contributed by atoms with E-state index in [4.69, 9.17) is 4.42 Å². The third-order valence-electron chi connectivity index (χ3n) is 10.9. The second-order valence-electron chi connectivity index (χ2n) is 14.1. The van der Waals surface area contributed by atoms with E-state index in [1.807, 2.05) is 0 Å². The molecular formula is C49H35NO. The van der Waals surface area contributed by atoms with Gasteiger partial charge >= 0.3 is 0 Å². The molecule has 2 heteroatoms. The Balaban J connectivity index is 1.16. The Morgan fingerprint density at radius 3 is 1.76 bits per heavy atom. The Labute approximate surface area is 297 Å². The molecule has 0 saturated heterocycles. The van der Waals surface area contributed by atoms with Crippen molar-refractivity contribution in [3.05, 3.63) is 187 Å². The Morgan fingerprint density at radius 1 is 0.392 bits per heavy atom. The molecule has 1 aliphatic carbocycles. The molecule has 242 valence electrons. The fraction of sp³-hybridized carbons (Fsp3) is 0.0612. The summed E-state index contributed by atoms with van der Waals surface area (Å²) in [6.45, 7) is 4.68. The predicted octanol–water partition coefficient (Wildman–Crippen LogP) is 13.8. The van der Waals surface area contributed by atoms with Crippen LogP contribution in [0.1, 0.15) is 25.0 Å². The fourth-order valence-electron chi connectivity index (χ4n) is 8.34. The molecule has 0 saturated carbocycles. The molecule has 0 aliphatic heterocycles. The first-order valence-corrected chi connectivity index (χ1v) is 17.7. The van der Waals surface area contributed by atoms with Crippen LogP contribution in [0.3, 0.4) is 0 Å². The van der Waals surface area contributed by atoms with Crippen LogP contribution < -0.4 is 4.90 Å². The zero-order valence-corrected chi connectivity index (χ0v) is 28.6. The van der Waals surface area contributed by atoms with Crippen molar-refractivity contribution in [3.8, 4) is 33.4 Å². The van der Waals surface area contributed by atoms with Crippen molar-refractivity contribution in [1.29, 1.82) is 0 Å². The lowest BCUT2D eigenvalue weighted by Gasteiger charge is -2.28. The molecule has 0 unspecified atom stereocenters. The number of fused-ring (bicyclic) bond motifs is 8. The number of hydrogen-bond acceptors (Lipinski definition) is 2. The topological polar surface area (TPSA) is 16.4 Å². The minimum absolute atomic E-state index is 0.106. The molecular weight excluding hydrogens is 619 g/mol. The summed E-state index contributed by atoms with van der Waals surface area (Å²) in [5.41, 5.74) is 15.1. The van der Waals surface area contributed by atoms with E-state index in [0.717, 1.165) is 39.0 Å². The van der Waals surface area contributed by atoms with Crippen LogP contribution in [0.15, 0.2) is 180 Å². The molecule has 1 aromatic heterocycles. The van der Waals surface area contributed by atoms with Crippen molar-refractivity contribution in [1.82, 2.24) is 0 Å². The Hall–Kier alpha value is -6.38. The molecule has 2 nitrogen and oxygen atoms in total. The number of furan rings is 1. The van der Waals surface area contributed by atoms with Gasteiger partial charge in [-0.25, -0.2) is 0 Å². The van der Waals surface area contributed by atoms with Crippen LogP contribution in [-0.2, 0) is 5.41 Å². The molecule has 0 bridgehead atoms. The largest absolute Gasteiger partial charge is 0.456 e. The van der Waals surface area contributed by atoms with Gasteiger partial charge in [-0.1, -0.05) is 141 Å². The molecule has 0 amide bonds. The van der Waals surface area contributed by atoms with Crippen molar-refractivity contribution in [2.24, 2.45) is 0 Å². The van der Waals surface area contributed by atoms with Crippen LogP contribution in [0.2, 0.25) is 0 Å². The third-order valence-corrected chi connectivity index (χ3v) is 10.9. The van der Waals surface area contributed by atoms with E-state index in [1.165, 1.54) is 55.3 Å². The van der Waals surface area contributed by atoms with Gasteiger partial charge in [0.25, 0.3) is 0 Å². The smallest absolute Gasteiger partial charge is 0.137 e. The minimum Gasteiger partial charge on any atom is -0.456 e. The summed E-state index contributed by atoms with van der Waals surface area (Å²) >= 11 is 0. The van der Waals surface area contributed by atoms with Gasteiger partial charge in [-0.2, -0.15) is 0 Å². The van der Waals surface area contributed by atoms with E-state index in [9.17, 15) is 0 Å². The maximum Gasteiger partial charge on any atom is 0.137 e. The van der Waals surface area contributed by atoms with E-state index < -0.39 is 0 Å². The van der Waals surface area contributed by atoms with Gasteiger partial charge in [0.05, 0.1) is 0 Å². The zero-order chi connectivity index (χ0) is 34.1.